The van der Waals surface area contributed by atoms with Crippen LogP contribution in [0.2, 0.25) is 0 Å². The number of amides is 1. The molecule has 5 heteroatoms. The minimum atomic E-state index is -0.101. The molecule has 0 unspecified atom stereocenters. The van der Waals surface area contributed by atoms with Crippen molar-refractivity contribution < 1.29 is 9.32 Å². The number of hydrogen-bond donors (Lipinski definition) is 0. The minimum absolute atomic E-state index is 0.101. The molecule has 1 aliphatic heterocycles. The van der Waals surface area contributed by atoms with Gasteiger partial charge in [-0.05, 0) is 12.8 Å². The summed E-state index contributed by atoms with van der Waals surface area (Å²) in [5, 5.41) is 3.66. The van der Waals surface area contributed by atoms with Gasteiger partial charge in [0.1, 0.15) is 0 Å². The van der Waals surface area contributed by atoms with Gasteiger partial charge in [-0.15, -0.1) is 0 Å². The maximum Gasteiger partial charge on any atom is 0.295 e. The molecular weight excluding hydrogens is 170 g/mol. The molecule has 0 atom stereocenters. The maximum absolute atomic E-state index is 11.4. The maximum atomic E-state index is 11.4. The molecule has 0 N–H and O–H groups in total. The van der Waals surface area contributed by atoms with Crippen LogP contribution in [0.1, 0.15) is 35.3 Å². The highest BCUT2D eigenvalue weighted by Gasteiger charge is 2.33. The molecule has 0 bridgehead atoms. The summed E-state index contributed by atoms with van der Waals surface area (Å²) in [6, 6.07) is 0. The second-order valence-corrected chi connectivity index (χ2v) is 3.52. The van der Waals surface area contributed by atoms with Gasteiger partial charge in [0, 0.05) is 19.0 Å². The van der Waals surface area contributed by atoms with Gasteiger partial charge in [0.25, 0.3) is 11.7 Å². The molecule has 2 heterocycles. The molecule has 2 fully saturated rings. The summed E-state index contributed by atoms with van der Waals surface area (Å²) in [6.07, 6.45) is 2.22. The highest BCUT2D eigenvalue weighted by Crippen LogP contribution is 2.38. The number of hydrogen-bond acceptors (Lipinski definition) is 4. The molecule has 1 aromatic rings. The molecular formula is C8H9N3O2. The normalized spacial score (nSPS) is 20.5. The first-order valence-electron chi connectivity index (χ1n) is 4.47. The van der Waals surface area contributed by atoms with E-state index in [0.29, 0.717) is 11.8 Å². The van der Waals surface area contributed by atoms with E-state index in [1.165, 1.54) is 0 Å². The second-order valence-electron chi connectivity index (χ2n) is 3.52. The Balaban J connectivity index is 1.83. The highest BCUT2D eigenvalue weighted by atomic mass is 16.5. The van der Waals surface area contributed by atoms with Crippen LogP contribution in [0.25, 0.3) is 0 Å². The van der Waals surface area contributed by atoms with Crippen molar-refractivity contribution in [2.24, 2.45) is 0 Å². The van der Waals surface area contributed by atoms with Gasteiger partial charge in [0.15, 0.2) is 0 Å². The van der Waals surface area contributed by atoms with Crippen molar-refractivity contribution in [3.05, 3.63) is 11.7 Å². The van der Waals surface area contributed by atoms with Gasteiger partial charge >= 0.3 is 0 Å². The third-order valence-electron chi connectivity index (χ3n) is 2.29. The van der Waals surface area contributed by atoms with E-state index in [1.807, 2.05) is 0 Å². The number of carbonyl (C=O) groups excluding carboxylic acids is 1. The predicted molar refractivity (Wildman–Crippen MR) is 42.2 cm³/mol. The summed E-state index contributed by atoms with van der Waals surface area (Å²) < 4.78 is 4.98. The van der Waals surface area contributed by atoms with Crippen molar-refractivity contribution in [2.75, 3.05) is 13.1 Å². The van der Waals surface area contributed by atoms with Crippen LogP contribution in [0.4, 0.5) is 0 Å². The van der Waals surface area contributed by atoms with Crippen molar-refractivity contribution in [3.8, 4) is 0 Å². The van der Waals surface area contributed by atoms with Gasteiger partial charge in [-0.3, -0.25) is 4.79 Å². The summed E-state index contributed by atoms with van der Waals surface area (Å²) in [4.78, 5) is 17.2. The lowest BCUT2D eigenvalue weighted by molar-refractivity contribution is 0.0871. The van der Waals surface area contributed by atoms with E-state index in [2.05, 4.69) is 10.1 Å². The predicted octanol–water partition coefficient (Wildman–Crippen LogP) is 0.403. The first kappa shape index (κ1) is 7.06. The first-order valence-corrected chi connectivity index (χ1v) is 4.47. The summed E-state index contributed by atoms with van der Waals surface area (Å²) in [6.45, 7) is 1.65. The van der Waals surface area contributed by atoms with Crippen LogP contribution >= 0.6 is 0 Å². The molecule has 68 valence electrons. The number of aromatic nitrogens is 2. The average molecular weight is 179 g/mol. The second kappa shape index (κ2) is 2.31. The van der Waals surface area contributed by atoms with E-state index >= 15 is 0 Å². The van der Waals surface area contributed by atoms with Gasteiger partial charge in [-0.25, -0.2) is 0 Å². The number of nitrogens with zero attached hydrogens (tertiary/aromatic N) is 3. The summed E-state index contributed by atoms with van der Waals surface area (Å²) in [5.41, 5.74) is 0. The van der Waals surface area contributed by atoms with E-state index in [9.17, 15) is 4.79 Å². The van der Waals surface area contributed by atoms with Crippen LogP contribution in [-0.4, -0.2) is 34.0 Å². The van der Waals surface area contributed by atoms with Gasteiger partial charge in [-0.2, -0.15) is 4.98 Å². The van der Waals surface area contributed by atoms with E-state index in [-0.39, 0.29) is 11.7 Å². The summed E-state index contributed by atoms with van der Waals surface area (Å²) in [7, 11) is 0. The zero-order valence-electron chi connectivity index (χ0n) is 7.06. The Kier molecular flexibility index (Phi) is 1.25. The SMILES string of the molecule is O=C(c1noc(C2CC2)n1)N1CC1. The van der Waals surface area contributed by atoms with Gasteiger partial charge in [-0.1, -0.05) is 5.16 Å². The van der Waals surface area contributed by atoms with E-state index < -0.39 is 0 Å². The molecule has 1 aliphatic carbocycles. The largest absolute Gasteiger partial charge is 0.338 e. The van der Waals surface area contributed by atoms with Crippen LogP contribution in [0.3, 0.4) is 0 Å². The monoisotopic (exact) mass is 179 g/mol. The van der Waals surface area contributed by atoms with Crippen molar-refractivity contribution in [2.45, 2.75) is 18.8 Å². The van der Waals surface area contributed by atoms with Crippen LogP contribution in [-0.2, 0) is 0 Å². The minimum Gasteiger partial charge on any atom is -0.338 e. The van der Waals surface area contributed by atoms with Crippen molar-refractivity contribution in [3.63, 3.8) is 0 Å². The molecule has 3 rings (SSSR count). The molecule has 0 radical (unpaired) electrons. The Hall–Kier alpha value is -1.39. The van der Waals surface area contributed by atoms with E-state index in [4.69, 9.17) is 4.52 Å². The average Bonchev–Trinajstić information content (AvgIpc) is 3.02. The van der Waals surface area contributed by atoms with Crippen LogP contribution < -0.4 is 0 Å². The fourth-order valence-corrected chi connectivity index (χ4v) is 1.21. The van der Waals surface area contributed by atoms with E-state index in [0.717, 1.165) is 25.9 Å². The molecule has 1 saturated heterocycles. The van der Waals surface area contributed by atoms with Crippen LogP contribution in [0.15, 0.2) is 4.52 Å². The third-order valence-corrected chi connectivity index (χ3v) is 2.29. The molecule has 0 aromatic carbocycles. The first-order chi connectivity index (χ1) is 6.34. The Morgan fingerprint density at radius 1 is 1.46 bits per heavy atom. The molecule has 1 saturated carbocycles. The third kappa shape index (κ3) is 1.20. The molecule has 1 amide bonds. The lowest BCUT2D eigenvalue weighted by Gasteiger charge is -1.91. The van der Waals surface area contributed by atoms with Gasteiger partial charge in [0.2, 0.25) is 5.89 Å². The fraction of sp³-hybridized carbons (Fsp3) is 0.625. The van der Waals surface area contributed by atoms with Crippen molar-refractivity contribution in [1.29, 1.82) is 0 Å². The summed E-state index contributed by atoms with van der Waals surface area (Å²) >= 11 is 0. The Bertz CT molecular complexity index is 352. The number of carbonyl (C=O) groups is 1. The topological polar surface area (TPSA) is 59.0 Å². The van der Waals surface area contributed by atoms with Crippen molar-refractivity contribution >= 4 is 5.91 Å². The molecule has 1 aromatic heterocycles. The van der Waals surface area contributed by atoms with E-state index in [1.54, 1.807) is 4.90 Å². The van der Waals surface area contributed by atoms with Crippen molar-refractivity contribution in [1.82, 2.24) is 15.0 Å². The Morgan fingerprint density at radius 3 is 2.85 bits per heavy atom. The highest BCUT2D eigenvalue weighted by molar-refractivity contribution is 5.91. The Morgan fingerprint density at radius 2 is 2.23 bits per heavy atom. The van der Waals surface area contributed by atoms with Crippen LogP contribution in [0, 0.1) is 0 Å². The zero-order chi connectivity index (χ0) is 8.84. The lowest BCUT2D eigenvalue weighted by atomic mass is 10.4. The summed E-state index contributed by atoms with van der Waals surface area (Å²) in [5.74, 6) is 1.17. The zero-order valence-corrected chi connectivity index (χ0v) is 7.06. The number of rotatable bonds is 2. The van der Waals surface area contributed by atoms with Gasteiger partial charge in [0.05, 0.1) is 0 Å². The molecule has 5 nitrogen and oxygen atoms in total. The fourth-order valence-electron chi connectivity index (χ4n) is 1.21. The lowest BCUT2D eigenvalue weighted by Crippen LogP contribution is -2.12. The quantitative estimate of drug-likeness (QED) is 0.617. The standard InChI is InChI=1S/C8H9N3O2/c12-8(11-3-4-11)6-9-7(13-10-6)5-1-2-5/h5H,1-4H2. The van der Waals surface area contributed by atoms with Crippen LogP contribution in [0.5, 0.6) is 0 Å². The Labute approximate surface area is 74.7 Å². The molecule has 2 aliphatic rings. The molecule has 13 heavy (non-hydrogen) atoms. The smallest absolute Gasteiger partial charge is 0.295 e. The molecule has 0 spiro atoms. The van der Waals surface area contributed by atoms with Gasteiger partial charge < -0.3 is 9.42 Å².